The van der Waals surface area contributed by atoms with Gasteiger partial charge in [-0.2, -0.15) is 0 Å². The lowest BCUT2D eigenvalue weighted by molar-refractivity contribution is -0.136. The predicted octanol–water partition coefficient (Wildman–Crippen LogP) is 2.16. The predicted molar refractivity (Wildman–Crippen MR) is 88.9 cm³/mol. The van der Waals surface area contributed by atoms with Crippen LogP contribution in [-0.4, -0.2) is 41.0 Å². The van der Waals surface area contributed by atoms with Gasteiger partial charge in [0.15, 0.2) is 0 Å². The van der Waals surface area contributed by atoms with Crippen molar-refractivity contribution in [3.05, 3.63) is 29.8 Å². The maximum absolute atomic E-state index is 12.2. The number of carbonyl (C=O) groups is 3. The molecular formula is C18H22N2O5. The molecule has 7 nitrogen and oxygen atoms in total. The van der Waals surface area contributed by atoms with E-state index in [-0.39, 0.29) is 24.5 Å². The normalized spacial score (nSPS) is 24.1. The van der Waals surface area contributed by atoms with Crippen molar-refractivity contribution >= 4 is 17.9 Å². The Morgan fingerprint density at radius 3 is 2.68 bits per heavy atom. The van der Waals surface area contributed by atoms with Gasteiger partial charge >= 0.3 is 6.09 Å². The van der Waals surface area contributed by atoms with Crippen LogP contribution in [0.25, 0.3) is 0 Å². The SMILES string of the molecule is CC(C)(C)Oc1cccc([C@H]2CN(C3CCC(=O)NC3=O)C(=O)O2)c1. The summed E-state index contributed by atoms with van der Waals surface area (Å²) in [5.74, 6) is -0.0587. The Labute approximate surface area is 146 Å². The van der Waals surface area contributed by atoms with Gasteiger partial charge in [-0.05, 0) is 44.9 Å². The Hall–Kier alpha value is -2.57. The van der Waals surface area contributed by atoms with Crippen LogP contribution >= 0.6 is 0 Å². The zero-order valence-electron chi connectivity index (χ0n) is 14.6. The molecule has 25 heavy (non-hydrogen) atoms. The van der Waals surface area contributed by atoms with Gasteiger partial charge in [-0.3, -0.25) is 19.8 Å². The van der Waals surface area contributed by atoms with Gasteiger partial charge in [-0.25, -0.2) is 4.79 Å². The van der Waals surface area contributed by atoms with E-state index in [1.54, 1.807) is 0 Å². The van der Waals surface area contributed by atoms with Gasteiger partial charge in [0, 0.05) is 6.42 Å². The number of nitrogens with zero attached hydrogens (tertiary/aromatic N) is 1. The summed E-state index contributed by atoms with van der Waals surface area (Å²) >= 11 is 0. The van der Waals surface area contributed by atoms with Crippen LogP contribution in [-0.2, 0) is 14.3 Å². The zero-order valence-corrected chi connectivity index (χ0v) is 14.6. The Balaban J connectivity index is 1.73. The summed E-state index contributed by atoms with van der Waals surface area (Å²) in [4.78, 5) is 36.9. The number of carbonyl (C=O) groups excluding carboxylic acids is 3. The third kappa shape index (κ3) is 3.92. The number of amides is 3. The van der Waals surface area contributed by atoms with E-state index in [0.29, 0.717) is 12.2 Å². The molecule has 0 saturated carbocycles. The molecule has 1 unspecified atom stereocenters. The second-order valence-electron chi connectivity index (χ2n) is 7.28. The van der Waals surface area contributed by atoms with Crippen LogP contribution in [0, 0.1) is 0 Å². The fourth-order valence-electron chi connectivity index (χ4n) is 3.02. The van der Waals surface area contributed by atoms with Crippen LogP contribution in [0.5, 0.6) is 5.75 Å². The summed E-state index contributed by atoms with van der Waals surface area (Å²) in [5.41, 5.74) is 0.480. The molecule has 1 aromatic rings. The lowest BCUT2D eigenvalue weighted by Gasteiger charge is -2.27. The molecule has 2 saturated heterocycles. The Bertz CT molecular complexity index is 710. The number of rotatable bonds is 3. The van der Waals surface area contributed by atoms with E-state index in [2.05, 4.69) is 5.32 Å². The summed E-state index contributed by atoms with van der Waals surface area (Å²) in [6, 6.07) is 6.74. The largest absolute Gasteiger partial charge is 0.488 e. The van der Waals surface area contributed by atoms with Crippen molar-refractivity contribution in [1.82, 2.24) is 10.2 Å². The lowest BCUT2D eigenvalue weighted by Crippen LogP contribution is -2.52. The van der Waals surface area contributed by atoms with E-state index < -0.39 is 24.1 Å². The first-order valence-corrected chi connectivity index (χ1v) is 8.33. The van der Waals surface area contributed by atoms with E-state index >= 15 is 0 Å². The fourth-order valence-corrected chi connectivity index (χ4v) is 3.02. The fraction of sp³-hybridized carbons (Fsp3) is 0.500. The second-order valence-corrected chi connectivity index (χ2v) is 7.28. The number of cyclic esters (lactones) is 1. The first-order chi connectivity index (χ1) is 11.7. The summed E-state index contributed by atoms with van der Waals surface area (Å²) in [7, 11) is 0. The van der Waals surface area contributed by atoms with E-state index in [9.17, 15) is 14.4 Å². The molecular weight excluding hydrogens is 324 g/mol. The molecule has 0 spiro atoms. The average Bonchev–Trinajstić information content (AvgIpc) is 2.88. The molecule has 3 amide bonds. The highest BCUT2D eigenvalue weighted by atomic mass is 16.6. The number of piperidine rings is 1. The Kier molecular flexibility index (Phi) is 4.41. The number of nitrogens with one attached hydrogen (secondary N) is 1. The highest BCUT2D eigenvalue weighted by molar-refractivity contribution is 6.01. The van der Waals surface area contributed by atoms with Gasteiger partial charge in [-0.1, -0.05) is 12.1 Å². The molecule has 0 aliphatic carbocycles. The minimum Gasteiger partial charge on any atom is -0.488 e. The topological polar surface area (TPSA) is 84.9 Å². The van der Waals surface area contributed by atoms with Gasteiger partial charge in [-0.15, -0.1) is 0 Å². The van der Waals surface area contributed by atoms with Gasteiger partial charge in [0.1, 0.15) is 23.5 Å². The molecule has 2 fully saturated rings. The Morgan fingerprint density at radius 2 is 2.00 bits per heavy atom. The maximum Gasteiger partial charge on any atom is 0.411 e. The number of hydrogen-bond acceptors (Lipinski definition) is 5. The molecule has 2 atom stereocenters. The molecule has 1 N–H and O–H groups in total. The molecule has 2 aliphatic heterocycles. The summed E-state index contributed by atoms with van der Waals surface area (Å²) in [5, 5.41) is 2.27. The minimum atomic E-state index is -0.663. The minimum absolute atomic E-state index is 0.222. The van der Waals surface area contributed by atoms with Crippen LogP contribution in [0.3, 0.4) is 0 Å². The number of benzene rings is 1. The van der Waals surface area contributed by atoms with E-state index in [4.69, 9.17) is 9.47 Å². The van der Waals surface area contributed by atoms with E-state index in [1.807, 2.05) is 45.0 Å². The van der Waals surface area contributed by atoms with Gasteiger partial charge in [0.25, 0.3) is 0 Å². The third-order valence-electron chi connectivity index (χ3n) is 4.08. The quantitative estimate of drug-likeness (QED) is 0.848. The van der Waals surface area contributed by atoms with Crippen LogP contribution in [0.4, 0.5) is 4.79 Å². The van der Waals surface area contributed by atoms with Crippen molar-refractivity contribution in [3.63, 3.8) is 0 Å². The van der Waals surface area contributed by atoms with Gasteiger partial charge in [0.05, 0.1) is 6.54 Å². The maximum atomic E-state index is 12.2. The zero-order chi connectivity index (χ0) is 18.2. The van der Waals surface area contributed by atoms with Crippen molar-refractivity contribution in [2.24, 2.45) is 0 Å². The molecule has 134 valence electrons. The molecule has 0 aromatic heterocycles. The molecule has 2 heterocycles. The Morgan fingerprint density at radius 1 is 1.24 bits per heavy atom. The molecule has 0 bridgehead atoms. The average molecular weight is 346 g/mol. The highest BCUT2D eigenvalue weighted by Gasteiger charge is 2.42. The van der Waals surface area contributed by atoms with Crippen LogP contribution in [0.2, 0.25) is 0 Å². The van der Waals surface area contributed by atoms with Crippen molar-refractivity contribution in [3.8, 4) is 5.75 Å². The summed E-state index contributed by atoms with van der Waals surface area (Å²) < 4.78 is 11.3. The van der Waals surface area contributed by atoms with Crippen molar-refractivity contribution < 1.29 is 23.9 Å². The van der Waals surface area contributed by atoms with E-state index in [0.717, 1.165) is 5.56 Å². The third-order valence-corrected chi connectivity index (χ3v) is 4.08. The molecule has 7 heteroatoms. The monoisotopic (exact) mass is 346 g/mol. The molecule has 2 aliphatic rings. The second kappa shape index (κ2) is 6.38. The lowest BCUT2D eigenvalue weighted by atomic mass is 10.0. The molecule has 1 aromatic carbocycles. The standard InChI is InChI=1S/C18H22N2O5/c1-18(2,3)25-12-6-4-5-11(9-12)14-10-20(17(23)24-14)13-7-8-15(21)19-16(13)22/h4-6,9,13-14H,7-8,10H2,1-3H3,(H,19,21,22)/t13?,14-/m1/s1. The van der Waals surface area contributed by atoms with Crippen LogP contribution < -0.4 is 10.1 Å². The van der Waals surface area contributed by atoms with Crippen LogP contribution in [0.15, 0.2) is 24.3 Å². The van der Waals surface area contributed by atoms with Gasteiger partial charge < -0.3 is 9.47 Å². The van der Waals surface area contributed by atoms with Gasteiger partial charge in [0.2, 0.25) is 11.8 Å². The number of ether oxygens (including phenoxy) is 2. The summed E-state index contributed by atoms with van der Waals surface area (Å²) in [6.45, 7) is 6.14. The summed E-state index contributed by atoms with van der Waals surface area (Å²) in [6.07, 6.45) is -0.470. The van der Waals surface area contributed by atoms with Crippen molar-refractivity contribution in [2.45, 2.75) is 51.4 Å². The highest BCUT2D eigenvalue weighted by Crippen LogP contribution is 2.31. The first kappa shape index (κ1) is 17.3. The smallest absolute Gasteiger partial charge is 0.411 e. The molecule has 0 radical (unpaired) electrons. The van der Waals surface area contributed by atoms with Crippen molar-refractivity contribution in [2.75, 3.05) is 6.54 Å². The molecule has 3 rings (SSSR count). The van der Waals surface area contributed by atoms with Crippen molar-refractivity contribution in [1.29, 1.82) is 0 Å². The van der Waals surface area contributed by atoms with E-state index in [1.165, 1.54) is 4.90 Å². The number of hydrogen-bond donors (Lipinski definition) is 1. The van der Waals surface area contributed by atoms with Crippen LogP contribution in [0.1, 0.15) is 45.3 Å². The first-order valence-electron chi connectivity index (χ1n) is 8.33. The number of imide groups is 1.